The van der Waals surface area contributed by atoms with Crippen molar-refractivity contribution in [1.29, 1.82) is 0 Å². The molecule has 0 bridgehead atoms. The molecule has 1 N–H and O–H groups in total. The van der Waals surface area contributed by atoms with Gasteiger partial charge in [-0.25, -0.2) is 4.79 Å². The number of hydrogen-bond acceptors (Lipinski definition) is 3. The van der Waals surface area contributed by atoms with Gasteiger partial charge in [0.05, 0.1) is 5.54 Å². The van der Waals surface area contributed by atoms with Gasteiger partial charge >= 0.3 is 6.09 Å². The van der Waals surface area contributed by atoms with E-state index in [1.54, 1.807) is 0 Å². The highest BCUT2D eigenvalue weighted by Crippen LogP contribution is 2.24. The summed E-state index contributed by atoms with van der Waals surface area (Å²) in [5.74, 6) is 0.638. The van der Waals surface area contributed by atoms with Crippen LogP contribution in [0.25, 0.3) is 11.1 Å². The van der Waals surface area contributed by atoms with Gasteiger partial charge < -0.3 is 14.8 Å². The van der Waals surface area contributed by atoms with Gasteiger partial charge in [0.2, 0.25) is 6.29 Å². The molecule has 0 fully saturated rings. The number of alkyl carbamates (subject to hydrolysis) is 1. The van der Waals surface area contributed by atoms with Crippen LogP contribution in [0.4, 0.5) is 4.79 Å². The van der Waals surface area contributed by atoms with E-state index in [4.69, 9.17) is 9.47 Å². The number of carbonyl (C=O) groups excluding carboxylic acids is 1. The zero-order valence-corrected chi connectivity index (χ0v) is 18.0. The third kappa shape index (κ3) is 6.24. The summed E-state index contributed by atoms with van der Waals surface area (Å²) in [5.41, 5.74) is 4.31. The maximum atomic E-state index is 12.5. The monoisotopic (exact) mass is 393 g/mol. The van der Waals surface area contributed by atoms with Crippen LogP contribution < -0.4 is 10.1 Å². The molecule has 2 aromatic carbocycles. The van der Waals surface area contributed by atoms with Gasteiger partial charge in [-0.05, 0) is 62.6 Å². The molecule has 2 aromatic rings. The maximum absolute atomic E-state index is 12.5. The normalized spacial score (nSPS) is 12.0. The lowest BCUT2D eigenvalue weighted by molar-refractivity contribution is -0.0364. The smallest absolute Gasteiger partial charge is 0.410 e. The summed E-state index contributed by atoms with van der Waals surface area (Å²) in [6, 6.07) is 15.5. The Morgan fingerprint density at radius 1 is 1.03 bits per heavy atom. The van der Waals surface area contributed by atoms with E-state index in [0.717, 1.165) is 27.8 Å². The Bertz CT molecular complexity index is 898. The average molecular weight is 394 g/mol. The van der Waals surface area contributed by atoms with Crippen LogP contribution in [0.2, 0.25) is 0 Å². The predicted octanol–water partition coefficient (Wildman–Crippen LogP) is 6.53. The quantitative estimate of drug-likeness (QED) is 0.519. The first-order valence-corrected chi connectivity index (χ1v) is 9.80. The van der Waals surface area contributed by atoms with Crippen molar-refractivity contribution in [2.24, 2.45) is 0 Å². The highest BCUT2D eigenvalue weighted by molar-refractivity contribution is 5.69. The van der Waals surface area contributed by atoms with Gasteiger partial charge in [-0.1, -0.05) is 61.6 Å². The number of nitrogens with one attached hydrogen (secondary N) is 1. The fourth-order valence-corrected chi connectivity index (χ4v) is 2.83. The summed E-state index contributed by atoms with van der Waals surface area (Å²) < 4.78 is 11.4. The van der Waals surface area contributed by atoms with Crippen LogP contribution in [0.1, 0.15) is 57.7 Å². The molecule has 1 unspecified atom stereocenters. The van der Waals surface area contributed by atoms with Gasteiger partial charge in [-0.15, -0.1) is 0 Å². The highest BCUT2D eigenvalue weighted by atomic mass is 16.7. The Hall–Kier alpha value is -3.01. The van der Waals surface area contributed by atoms with E-state index in [0.29, 0.717) is 12.2 Å². The molecule has 0 saturated carbocycles. The first-order valence-electron chi connectivity index (χ1n) is 9.80. The van der Waals surface area contributed by atoms with Crippen molar-refractivity contribution >= 4 is 17.2 Å². The summed E-state index contributed by atoms with van der Waals surface area (Å²) >= 11 is 0. The van der Waals surface area contributed by atoms with Crippen LogP contribution in [-0.2, 0) is 10.3 Å². The lowest BCUT2D eigenvalue weighted by Gasteiger charge is -2.28. The van der Waals surface area contributed by atoms with E-state index in [9.17, 15) is 4.79 Å². The van der Waals surface area contributed by atoms with E-state index < -0.39 is 17.9 Å². The lowest BCUT2D eigenvalue weighted by atomic mass is 9.92. The van der Waals surface area contributed by atoms with Crippen LogP contribution in [0.15, 0.2) is 61.7 Å². The molecule has 29 heavy (non-hydrogen) atoms. The van der Waals surface area contributed by atoms with E-state index in [1.807, 2.05) is 83.1 Å². The molecule has 0 aromatic heterocycles. The minimum Gasteiger partial charge on any atom is -0.455 e. The Labute approximate surface area is 174 Å². The summed E-state index contributed by atoms with van der Waals surface area (Å²) in [6.07, 6.45) is -0.692. The van der Waals surface area contributed by atoms with Crippen molar-refractivity contribution < 1.29 is 14.3 Å². The van der Waals surface area contributed by atoms with Gasteiger partial charge in [-0.3, -0.25) is 0 Å². The summed E-state index contributed by atoms with van der Waals surface area (Å²) in [7, 11) is 0. The van der Waals surface area contributed by atoms with E-state index in [-0.39, 0.29) is 0 Å². The molecule has 2 rings (SSSR count). The molecule has 0 saturated heterocycles. The van der Waals surface area contributed by atoms with Crippen molar-refractivity contribution in [2.45, 2.75) is 52.9 Å². The van der Waals surface area contributed by atoms with Crippen LogP contribution in [-0.4, -0.2) is 12.4 Å². The summed E-state index contributed by atoms with van der Waals surface area (Å²) in [4.78, 5) is 12.5. The van der Waals surface area contributed by atoms with E-state index in [1.165, 1.54) is 0 Å². The SMILES string of the molecule is C=C(C)c1cccc(OC(CC)OC(=O)NC(C)(C)c2cccc(C(=C)C)c2)c1. The summed E-state index contributed by atoms with van der Waals surface area (Å²) in [5, 5.41) is 2.93. The van der Waals surface area contributed by atoms with Gasteiger partial charge in [0.1, 0.15) is 5.75 Å². The van der Waals surface area contributed by atoms with E-state index >= 15 is 0 Å². The second-order valence-corrected chi connectivity index (χ2v) is 7.78. The van der Waals surface area contributed by atoms with Crippen LogP contribution in [0.3, 0.4) is 0 Å². The number of allylic oxidation sites excluding steroid dienone is 2. The molecule has 1 amide bonds. The molecule has 0 aliphatic carbocycles. The number of carbonyl (C=O) groups is 1. The first kappa shape index (κ1) is 22.3. The summed E-state index contributed by atoms with van der Waals surface area (Å²) in [6.45, 7) is 17.6. The Morgan fingerprint density at radius 2 is 1.62 bits per heavy atom. The molecule has 0 aliphatic heterocycles. The molecular formula is C25H31NO3. The highest BCUT2D eigenvalue weighted by Gasteiger charge is 2.25. The van der Waals surface area contributed by atoms with Crippen molar-refractivity contribution in [3.63, 3.8) is 0 Å². The molecular weight excluding hydrogens is 362 g/mol. The maximum Gasteiger partial charge on any atom is 0.410 e. The average Bonchev–Trinajstić information content (AvgIpc) is 2.67. The molecule has 4 nitrogen and oxygen atoms in total. The van der Waals surface area contributed by atoms with Gasteiger partial charge in [0.15, 0.2) is 0 Å². The molecule has 0 aliphatic rings. The first-order chi connectivity index (χ1) is 13.6. The van der Waals surface area contributed by atoms with Crippen molar-refractivity contribution in [2.75, 3.05) is 0 Å². The zero-order valence-electron chi connectivity index (χ0n) is 18.0. The van der Waals surface area contributed by atoms with Gasteiger partial charge in [0, 0.05) is 6.42 Å². The Kier molecular flexibility index (Phi) is 7.27. The number of rotatable bonds is 8. The molecule has 0 radical (unpaired) electrons. The second-order valence-electron chi connectivity index (χ2n) is 7.78. The predicted molar refractivity (Wildman–Crippen MR) is 120 cm³/mol. The zero-order chi connectivity index (χ0) is 21.6. The fourth-order valence-electron chi connectivity index (χ4n) is 2.83. The van der Waals surface area contributed by atoms with Crippen LogP contribution in [0, 0.1) is 0 Å². The Balaban J connectivity index is 2.05. The number of ether oxygens (including phenoxy) is 2. The largest absolute Gasteiger partial charge is 0.455 e. The number of hydrogen-bond donors (Lipinski definition) is 1. The minimum absolute atomic E-state index is 0.524. The standard InChI is InChI=1S/C25H31NO3/c1-8-23(28-22-14-10-12-20(16-22)18(4)5)29-24(27)26-25(6,7)21-13-9-11-19(15-21)17(2)3/h9-16,23H,2,4,8H2,1,3,5-7H3,(H,26,27). The third-order valence-electron chi connectivity index (χ3n) is 4.66. The minimum atomic E-state index is -0.687. The molecule has 0 heterocycles. The Morgan fingerprint density at radius 3 is 2.21 bits per heavy atom. The van der Waals surface area contributed by atoms with Gasteiger partial charge in [0.25, 0.3) is 0 Å². The van der Waals surface area contributed by atoms with Crippen molar-refractivity contribution in [3.8, 4) is 5.75 Å². The topological polar surface area (TPSA) is 47.6 Å². The second kappa shape index (κ2) is 9.46. The number of amides is 1. The molecule has 0 spiro atoms. The van der Waals surface area contributed by atoms with Gasteiger partial charge in [-0.2, -0.15) is 0 Å². The van der Waals surface area contributed by atoms with Crippen LogP contribution in [0.5, 0.6) is 5.75 Å². The molecule has 1 atom stereocenters. The third-order valence-corrected chi connectivity index (χ3v) is 4.66. The fraction of sp³-hybridized carbons (Fsp3) is 0.320. The van der Waals surface area contributed by atoms with Crippen molar-refractivity contribution in [1.82, 2.24) is 5.32 Å². The van der Waals surface area contributed by atoms with E-state index in [2.05, 4.69) is 18.5 Å². The molecule has 4 heteroatoms. The lowest BCUT2D eigenvalue weighted by Crippen LogP contribution is -2.43. The van der Waals surface area contributed by atoms with Crippen molar-refractivity contribution in [3.05, 3.63) is 78.4 Å². The molecule has 154 valence electrons. The number of benzene rings is 2. The van der Waals surface area contributed by atoms with Crippen LogP contribution >= 0.6 is 0 Å².